The fraction of sp³-hybridized carbons (Fsp3) is 0.846. The van der Waals surface area contributed by atoms with Gasteiger partial charge in [0.2, 0.25) is 0 Å². The number of carboxylic acid groups (broad SMARTS) is 1. The lowest BCUT2D eigenvalue weighted by atomic mass is 9.96. The molecule has 2 amide bonds. The number of hydrogen-bond acceptors (Lipinski definition) is 3. The Balaban J connectivity index is 1.95. The van der Waals surface area contributed by atoms with Gasteiger partial charge in [0.05, 0.1) is 6.10 Å². The smallest absolute Gasteiger partial charge is 0.329 e. The van der Waals surface area contributed by atoms with Gasteiger partial charge in [0.25, 0.3) is 0 Å². The molecular formula is C13H22N2O4. The summed E-state index contributed by atoms with van der Waals surface area (Å²) in [4.78, 5) is 25.1. The Bertz CT molecular complexity index is 381. The van der Waals surface area contributed by atoms with Crippen LogP contribution >= 0.6 is 0 Å². The van der Waals surface area contributed by atoms with E-state index in [1.54, 1.807) is 18.7 Å². The molecule has 1 heterocycles. The largest absolute Gasteiger partial charge is 0.480 e. The number of aliphatic carboxylic acids is 1. The average molecular weight is 270 g/mol. The SMILES string of the molecule is CC(O)C1CCN(C(=O)NC(C)(C(=O)O)C2CC2)C1. The number of aliphatic hydroxyl groups excluding tert-OH is 1. The summed E-state index contributed by atoms with van der Waals surface area (Å²) in [6.07, 6.45) is 2.02. The van der Waals surface area contributed by atoms with Crippen molar-refractivity contribution in [3.05, 3.63) is 0 Å². The van der Waals surface area contributed by atoms with Gasteiger partial charge in [0.1, 0.15) is 5.54 Å². The number of urea groups is 1. The third-order valence-corrected chi connectivity index (χ3v) is 4.40. The minimum atomic E-state index is -1.17. The number of amides is 2. The van der Waals surface area contributed by atoms with Crippen molar-refractivity contribution in [1.29, 1.82) is 0 Å². The topological polar surface area (TPSA) is 89.9 Å². The van der Waals surface area contributed by atoms with Crippen molar-refractivity contribution < 1.29 is 19.8 Å². The van der Waals surface area contributed by atoms with Crippen LogP contribution in [0.25, 0.3) is 0 Å². The van der Waals surface area contributed by atoms with Gasteiger partial charge in [0.15, 0.2) is 0 Å². The number of likely N-dealkylation sites (tertiary alicyclic amines) is 1. The first-order chi connectivity index (χ1) is 8.84. The fourth-order valence-corrected chi connectivity index (χ4v) is 2.66. The highest BCUT2D eigenvalue weighted by Crippen LogP contribution is 2.40. The second-order valence-electron chi connectivity index (χ2n) is 5.95. The number of carboxylic acids is 1. The maximum absolute atomic E-state index is 12.1. The van der Waals surface area contributed by atoms with Crippen molar-refractivity contribution in [2.45, 2.75) is 44.8 Å². The van der Waals surface area contributed by atoms with Gasteiger partial charge in [-0.2, -0.15) is 0 Å². The summed E-state index contributed by atoms with van der Waals surface area (Å²) in [5.41, 5.74) is -1.17. The zero-order chi connectivity index (χ0) is 14.2. The normalized spacial score (nSPS) is 27.7. The van der Waals surface area contributed by atoms with Crippen LogP contribution in [0.3, 0.4) is 0 Å². The molecule has 2 fully saturated rings. The van der Waals surface area contributed by atoms with E-state index in [9.17, 15) is 19.8 Å². The van der Waals surface area contributed by atoms with Crippen molar-refractivity contribution >= 4 is 12.0 Å². The maximum Gasteiger partial charge on any atom is 0.329 e. The van der Waals surface area contributed by atoms with Gasteiger partial charge in [-0.3, -0.25) is 0 Å². The first kappa shape index (κ1) is 14.1. The second kappa shape index (κ2) is 5.00. The van der Waals surface area contributed by atoms with Gasteiger partial charge in [0, 0.05) is 19.0 Å². The van der Waals surface area contributed by atoms with Gasteiger partial charge >= 0.3 is 12.0 Å². The van der Waals surface area contributed by atoms with E-state index in [4.69, 9.17) is 0 Å². The maximum atomic E-state index is 12.1. The molecule has 0 aromatic heterocycles. The number of hydrogen-bond donors (Lipinski definition) is 3. The van der Waals surface area contributed by atoms with Crippen molar-refractivity contribution in [3.8, 4) is 0 Å². The van der Waals surface area contributed by atoms with Crippen LogP contribution in [0.1, 0.15) is 33.1 Å². The molecule has 1 aliphatic carbocycles. The summed E-state index contributed by atoms with van der Waals surface area (Å²) >= 11 is 0. The lowest BCUT2D eigenvalue weighted by Gasteiger charge is -2.29. The van der Waals surface area contributed by atoms with Crippen LogP contribution in [0.15, 0.2) is 0 Å². The van der Waals surface area contributed by atoms with Crippen LogP contribution in [0.4, 0.5) is 4.79 Å². The number of nitrogens with zero attached hydrogens (tertiary/aromatic N) is 1. The molecule has 3 N–H and O–H groups in total. The molecule has 3 unspecified atom stereocenters. The Morgan fingerprint density at radius 2 is 2.00 bits per heavy atom. The van der Waals surface area contributed by atoms with Crippen molar-refractivity contribution in [1.82, 2.24) is 10.2 Å². The molecule has 0 spiro atoms. The van der Waals surface area contributed by atoms with E-state index in [-0.39, 0.29) is 17.9 Å². The Kier molecular flexibility index (Phi) is 3.71. The van der Waals surface area contributed by atoms with Gasteiger partial charge in [-0.25, -0.2) is 9.59 Å². The molecule has 0 aromatic carbocycles. The molecule has 0 aromatic rings. The molecule has 1 saturated carbocycles. The van der Waals surface area contributed by atoms with Crippen LogP contribution in [-0.2, 0) is 4.79 Å². The third kappa shape index (κ3) is 2.83. The van der Waals surface area contributed by atoms with Crippen LogP contribution in [-0.4, -0.2) is 51.8 Å². The van der Waals surface area contributed by atoms with Crippen molar-refractivity contribution in [2.75, 3.05) is 13.1 Å². The summed E-state index contributed by atoms with van der Waals surface area (Å²) in [5, 5.41) is 21.5. The number of rotatable bonds is 4. The van der Waals surface area contributed by atoms with Crippen LogP contribution in [0.5, 0.6) is 0 Å². The van der Waals surface area contributed by atoms with E-state index in [1.165, 1.54) is 0 Å². The first-order valence-corrected chi connectivity index (χ1v) is 6.83. The van der Waals surface area contributed by atoms with E-state index in [1.807, 2.05) is 0 Å². The Morgan fingerprint density at radius 1 is 1.37 bits per heavy atom. The molecule has 108 valence electrons. The monoisotopic (exact) mass is 270 g/mol. The first-order valence-electron chi connectivity index (χ1n) is 6.83. The second-order valence-corrected chi connectivity index (χ2v) is 5.95. The summed E-state index contributed by atoms with van der Waals surface area (Å²) < 4.78 is 0. The molecule has 2 rings (SSSR count). The van der Waals surface area contributed by atoms with Gasteiger partial charge in [-0.05, 0) is 39.0 Å². The Hall–Kier alpha value is -1.30. The average Bonchev–Trinajstić information content (AvgIpc) is 3.06. The fourth-order valence-electron chi connectivity index (χ4n) is 2.66. The molecule has 3 atom stereocenters. The molecule has 19 heavy (non-hydrogen) atoms. The Morgan fingerprint density at radius 3 is 2.42 bits per heavy atom. The predicted octanol–water partition coefficient (Wildman–Crippen LogP) is 0.652. The van der Waals surface area contributed by atoms with E-state index in [2.05, 4.69) is 5.32 Å². The number of carbonyl (C=O) groups is 2. The zero-order valence-corrected chi connectivity index (χ0v) is 11.4. The molecular weight excluding hydrogens is 248 g/mol. The van der Waals surface area contributed by atoms with Gasteiger partial charge in [-0.15, -0.1) is 0 Å². The molecule has 1 saturated heterocycles. The molecule has 0 radical (unpaired) electrons. The van der Waals surface area contributed by atoms with Crippen LogP contribution in [0.2, 0.25) is 0 Å². The minimum absolute atomic E-state index is 0.0316. The van der Waals surface area contributed by atoms with Crippen molar-refractivity contribution in [2.24, 2.45) is 11.8 Å². The number of nitrogens with one attached hydrogen (secondary N) is 1. The summed E-state index contributed by atoms with van der Waals surface area (Å²) in [6.45, 7) is 4.36. The molecule has 6 heteroatoms. The Labute approximate surface area is 112 Å². The van der Waals surface area contributed by atoms with Crippen molar-refractivity contribution in [3.63, 3.8) is 0 Å². The lowest BCUT2D eigenvalue weighted by molar-refractivity contribution is -0.144. The molecule has 1 aliphatic heterocycles. The molecule has 6 nitrogen and oxygen atoms in total. The molecule has 0 bridgehead atoms. The number of carbonyl (C=O) groups excluding carboxylic acids is 1. The van der Waals surface area contributed by atoms with E-state index in [0.717, 1.165) is 19.3 Å². The van der Waals surface area contributed by atoms with Crippen LogP contribution < -0.4 is 5.32 Å². The van der Waals surface area contributed by atoms with Crippen LogP contribution in [0, 0.1) is 11.8 Å². The highest BCUT2D eigenvalue weighted by Gasteiger charge is 2.49. The summed E-state index contributed by atoms with van der Waals surface area (Å²) in [5.74, 6) is -0.860. The van der Waals surface area contributed by atoms with E-state index in [0.29, 0.717) is 13.1 Å². The molecule has 2 aliphatic rings. The zero-order valence-electron chi connectivity index (χ0n) is 11.4. The van der Waals surface area contributed by atoms with E-state index >= 15 is 0 Å². The standard InChI is InChI=1S/C13H22N2O4/c1-8(16)9-5-6-15(7-9)12(19)14-13(2,11(17)18)10-3-4-10/h8-10,16H,3-7H2,1-2H3,(H,14,19)(H,17,18). The van der Waals surface area contributed by atoms with E-state index < -0.39 is 17.6 Å². The highest BCUT2D eigenvalue weighted by molar-refractivity contribution is 5.86. The lowest BCUT2D eigenvalue weighted by Crippen LogP contribution is -2.57. The minimum Gasteiger partial charge on any atom is -0.480 e. The highest BCUT2D eigenvalue weighted by atomic mass is 16.4. The quantitative estimate of drug-likeness (QED) is 0.699. The third-order valence-electron chi connectivity index (χ3n) is 4.40. The van der Waals surface area contributed by atoms with Gasteiger partial charge < -0.3 is 20.4 Å². The summed E-state index contributed by atoms with van der Waals surface area (Å²) in [6, 6.07) is -0.333. The number of aliphatic hydroxyl groups is 1. The predicted molar refractivity (Wildman–Crippen MR) is 68.7 cm³/mol. The van der Waals surface area contributed by atoms with Gasteiger partial charge in [-0.1, -0.05) is 0 Å². The summed E-state index contributed by atoms with van der Waals surface area (Å²) in [7, 11) is 0.